The zero-order valence-electron chi connectivity index (χ0n) is 12.9. The summed E-state index contributed by atoms with van der Waals surface area (Å²) in [5.74, 6) is 1.80. The Hall–Kier alpha value is -1.37. The third-order valence-electron chi connectivity index (χ3n) is 3.52. The maximum Gasteiger partial charge on any atom is 0.137 e. The quantitative estimate of drug-likeness (QED) is 0.676. The average Bonchev–Trinajstić information content (AvgIpc) is 3.14. The Labute approximate surface area is 138 Å². The van der Waals surface area contributed by atoms with Gasteiger partial charge < -0.3 is 9.14 Å². The van der Waals surface area contributed by atoms with Crippen LogP contribution in [0.15, 0.2) is 29.8 Å². The van der Waals surface area contributed by atoms with Gasteiger partial charge in [0.2, 0.25) is 0 Å². The van der Waals surface area contributed by atoms with Gasteiger partial charge in [0.25, 0.3) is 0 Å². The summed E-state index contributed by atoms with van der Waals surface area (Å²) < 4.78 is 7.43. The van der Waals surface area contributed by atoms with E-state index < -0.39 is 0 Å². The number of aryl methyl sites for hydroxylation is 1. The zero-order chi connectivity index (χ0) is 15.5. The number of thioether (sulfide) groups is 1. The van der Waals surface area contributed by atoms with Crippen LogP contribution in [0.4, 0.5) is 0 Å². The first-order chi connectivity index (χ1) is 10.7. The fourth-order valence-corrected chi connectivity index (χ4v) is 3.97. The highest BCUT2D eigenvalue weighted by molar-refractivity contribution is 7.97. The lowest BCUT2D eigenvalue weighted by molar-refractivity contribution is 0.119. The molecular weight excluding hydrogens is 314 g/mol. The predicted molar refractivity (Wildman–Crippen MR) is 92.5 cm³/mol. The monoisotopic (exact) mass is 333 g/mol. The largest absolute Gasteiger partial charge is 0.375 e. The van der Waals surface area contributed by atoms with E-state index in [4.69, 9.17) is 4.74 Å². The molecule has 3 aromatic heterocycles. The maximum atomic E-state index is 5.30. The summed E-state index contributed by atoms with van der Waals surface area (Å²) in [6.07, 6.45) is 2.20. The van der Waals surface area contributed by atoms with Crippen molar-refractivity contribution in [2.45, 2.75) is 31.5 Å². The lowest BCUT2D eigenvalue weighted by Gasteiger charge is -2.03. The van der Waals surface area contributed by atoms with E-state index in [9.17, 15) is 0 Å². The molecule has 0 aliphatic heterocycles. The van der Waals surface area contributed by atoms with Crippen LogP contribution in [-0.4, -0.2) is 21.5 Å². The van der Waals surface area contributed by atoms with E-state index >= 15 is 0 Å². The summed E-state index contributed by atoms with van der Waals surface area (Å²) in [6.45, 7) is 4.12. The Morgan fingerprint density at radius 3 is 2.86 bits per heavy atom. The van der Waals surface area contributed by atoms with Gasteiger partial charge in [-0.3, -0.25) is 0 Å². The molecule has 0 unspecified atom stereocenters. The van der Waals surface area contributed by atoms with Gasteiger partial charge in [-0.25, -0.2) is 9.97 Å². The van der Waals surface area contributed by atoms with Crippen LogP contribution in [-0.2, 0) is 16.2 Å². The van der Waals surface area contributed by atoms with Crippen molar-refractivity contribution in [3.8, 4) is 0 Å². The topological polar surface area (TPSA) is 39.4 Å². The molecule has 3 aromatic rings. The Kier molecular flexibility index (Phi) is 4.81. The number of pyridine rings is 1. The minimum atomic E-state index is 0.0742. The molecule has 0 radical (unpaired) electrons. The number of hydrogen-bond donors (Lipinski definition) is 0. The molecule has 0 spiro atoms. The number of thiazole rings is 1. The lowest BCUT2D eigenvalue weighted by Crippen LogP contribution is -1.95. The molecule has 0 N–H and O–H groups in total. The van der Waals surface area contributed by atoms with E-state index in [2.05, 4.69) is 38.9 Å². The van der Waals surface area contributed by atoms with E-state index in [1.54, 1.807) is 18.4 Å². The molecule has 22 heavy (non-hydrogen) atoms. The molecule has 3 heterocycles. The maximum absolute atomic E-state index is 5.30. The zero-order valence-corrected chi connectivity index (χ0v) is 14.6. The van der Waals surface area contributed by atoms with Crippen molar-refractivity contribution in [2.75, 3.05) is 7.11 Å². The summed E-state index contributed by atoms with van der Waals surface area (Å²) in [7, 11) is 1.71. The number of hydrogen-bond acceptors (Lipinski definition) is 5. The Bertz CT molecular complexity index is 766. The van der Waals surface area contributed by atoms with Gasteiger partial charge in [-0.05, 0) is 26.0 Å². The van der Waals surface area contributed by atoms with E-state index in [1.807, 2.05) is 30.8 Å². The smallest absolute Gasteiger partial charge is 0.137 e. The van der Waals surface area contributed by atoms with Crippen LogP contribution >= 0.6 is 23.1 Å². The molecule has 0 bridgehead atoms. The minimum Gasteiger partial charge on any atom is -0.375 e. The number of ether oxygens (including phenoxy) is 1. The molecule has 6 heteroatoms. The molecule has 0 aliphatic carbocycles. The fourth-order valence-electron chi connectivity index (χ4n) is 2.21. The van der Waals surface area contributed by atoms with Crippen LogP contribution in [0.3, 0.4) is 0 Å². The second-order valence-electron chi connectivity index (χ2n) is 5.18. The molecule has 0 aromatic carbocycles. The van der Waals surface area contributed by atoms with Crippen molar-refractivity contribution >= 4 is 28.7 Å². The third kappa shape index (κ3) is 3.34. The van der Waals surface area contributed by atoms with Gasteiger partial charge in [0, 0.05) is 35.9 Å². The number of nitrogens with zero attached hydrogens (tertiary/aromatic N) is 3. The van der Waals surface area contributed by atoms with E-state index in [0.29, 0.717) is 0 Å². The first kappa shape index (κ1) is 15.5. The van der Waals surface area contributed by atoms with Crippen LogP contribution in [0, 0.1) is 6.92 Å². The van der Waals surface area contributed by atoms with E-state index in [1.165, 1.54) is 5.69 Å². The molecule has 0 saturated carbocycles. The van der Waals surface area contributed by atoms with Crippen LogP contribution in [0.25, 0.3) is 5.65 Å². The number of aromatic nitrogens is 3. The fraction of sp³-hybridized carbons (Fsp3) is 0.375. The molecule has 116 valence electrons. The van der Waals surface area contributed by atoms with Gasteiger partial charge in [0.15, 0.2) is 0 Å². The number of methoxy groups -OCH3 is 1. The van der Waals surface area contributed by atoms with Gasteiger partial charge >= 0.3 is 0 Å². The van der Waals surface area contributed by atoms with Crippen molar-refractivity contribution in [1.29, 1.82) is 0 Å². The van der Waals surface area contributed by atoms with Crippen LogP contribution in [0.2, 0.25) is 0 Å². The highest BCUT2D eigenvalue weighted by Gasteiger charge is 2.10. The molecule has 1 atom stereocenters. The Balaban J connectivity index is 1.60. The summed E-state index contributed by atoms with van der Waals surface area (Å²) in [6, 6.07) is 6.18. The van der Waals surface area contributed by atoms with Crippen LogP contribution in [0.5, 0.6) is 0 Å². The normalized spacial score (nSPS) is 12.9. The van der Waals surface area contributed by atoms with Gasteiger partial charge in [0.05, 0.1) is 11.4 Å². The predicted octanol–water partition coefficient (Wildman–Crippen LogP) is 4.24. The van der Waals surface area contributed by atoms with Crippen molar-refractivity contribution < 1.29 is 4.74 Å². The van der Waals surface area contributed by atoms with Crippen molar-refractivity contribution in [2.24, 2.45) is 0 Å². The average molecular weight is 333 g/mol. The third-order valence-corrected chi connectivity index (χ3v) is 5.57. The molecule has 4 nitrogen and oxygen atoms in total. The van der Waals surface area contributed by atoms with Gasteiger partial charge in [-0.1, -0.05) is 6.07 Å². The van der Waals surface area contributed by atoms with Crippen molar-refractivity contribution in [3.63, 3.8) is 0 Å². The molecule has 0 fully saturated rings. The number of imidazole rings is 1. The molecule has 0 amide bonds. The van der Waals surface area contributed by atoms with Crippen LogP contribution < -0.4 is 0 Å². The van der Waals surface area contributed by atoms with E-state index in [0.717, 1.165) is 33.5 Å². The SMILES string of the molecule is CO[C@H](C)c1nc(CSCc2cn3c(C)cccc3n2)cs1. The second-order valence-corrected chi connectivity index (χ2v) is 7.05. The van der Waals surface area contributed by atoms with Crippen molar-refractivity contribution in [1.82, 2.24) is 14.4 Å². The number of fused-ring (bicyclic) bond motifs is 1. The van der Waals surface area contributed by atoms with E-state index in [-0.39, 0.29) is 6.10 Å². The number of rotatable bonds is 6. The highest BCUT2D eigenvalue weighted by Crippen LogP contribution is 2.24. The summed E-state index contributed by atoms with van der Waals surface area (Å²) >= 11 is 3.51. The van der Waals surface area contributed by atoms with Crippen molar-refractivity contribution in [3.05, 3.63) is 51.9 Å². The minimum absolute atomic E-state index is 0.0742. The first-order valence-electron chi connectivity index (χ1n) is 7.16. The van der Waals surface area contributed by atoms with Gasteiger partial charge in [-0.2, -0.15) is 0 Å². The van der Waals surface area contributed by atoms with Gasteiger partial charge in [0.1, 0.15) is 16.8 Å². The molecular formula is C16H19N3OS2. The summed E-state index contributed by atoms with van der Waals surface area (Å²) in [5.41, 5.74) is 4.45. The molecule has 0 saturated heterocycles. The molecule has 3 rings (SSSR count). The first-order valence-corrected chi connectivity index (χ1v) is 9.19. The standard InChI is InChI=1S/C16H19N3OS2/c1-11-5-4-6-15-17-13(7-19(11)15)8-21-9-14-10-22-16(18-14)12(2)20-3/h4-7,10,12H,8-9H2,1-3H3/t12-/m1/s1. The second kappa shape index (κ2) is 6.81. The summed E-state index contributed by atoms with van der Waals surface area (Å²) in [5, 5.41) is 3.16. The highest BCUT2D eigenvalue weighted by atomic mass is 32.2. The Morgan fingerprint density at radius 1 is 1.27 bits per heavy atom. The Morgan fingerprint density at radius 2 is 2.09 bits per heavy atom. The molecule has 0 aliphatic rings. The summed E-state index contributed by atoms with van der Waals surface area (Å²) in [4.78, 5) is 9.27. The van der Waals surface area contributed by atoms with Gasteiger partial charge in [-0.15, -0.1) is 23.1 Å². The van der Waals surface area contributed by atoms with Crippen LogP contribution in [0.1, 0.15) is 35.1 Å². The lowest BCUT2D eigenvalue weighted by atomic mass is 10.4.